The minimum absolute atomic E-state index is 0.433. The molecule has 1 aliphatic carbocycles. The van der Waals surface area contributed by atoms with E-state index in [-0.39, 0.29) is 0 Å². The summed E-state index contributed by atoms with van der Waals surface area (Å²) in [5.41, 5.74) is 6.87. The van der Waals surface area contributed by atoms with E-state index in [1.807, 2.05) is 31.2 Å². The van der Waals surface area contributed by atoms with E-state index < -0.39 is 5.54 Å². The van der Waals surface area contributed by atoms with E-state index in [9.17, 15) is 0 Å². The summed E-state index contributed by atoms with van der Waals surface area (Å²) in [6, 6.07) is 5.73. The second-order valence-corrected chi connectivity index (χ2v) is 6.00. The monoisotopic (exact) mass is 329 g/mol. The van der Waals surface area contributed by atoms with Crippen molar-refractivity contribution in [2.75, 3.05) is 13.7 Å². The Morgan fingerprint density at radius 1 is 1.25 bits per heavy atom. The first-order valence-electron chi connectivity index (χ1n) is 8.26. The van der Waals surface area contributed by atoms with E-state index in [1.165, 1.54) is 0 Å². The molecule has 0 radical (unpaired) electrons. The summed E-state index contributed by atoms with van der Waals surface area (Å²) in [6.07, 6.45) is 7.73. The lowest BCUT2D eigenvalue weighted by Gasteiger charge is -2.17. The molecule has 1 heterocycles. The summed E-state index contributed by atoms with van der Waals surface area (Å²) in [5.74, 6) is 2.47. The maximum atomic E-state index is 6.35. The number of nitrogens with zero attached hydrogens (tertiary/aromatic N) is 2. The number of rotatable bonds is 6. The molecule has 6 heteroatoms. The van der Waals surface area contributed by atoms with Crippen molar-refractivity contribution in [1.82, 2.24) is 10.1 Å². The van der Waals surface area contributed by atoms with Crippen molar-refractivity contribution < 1.29 is 14.0 Å². The van der Waals surface area contributed by atoms with Crippen molar-refractivity contribution in [3.8, 4) is 11.5 Å². The first-order chi connectivity index (χ1) is 11.6. The molecule has 2 aromatic rings. The smallest absolute Gasteiger partial charge is 0.250 e. The molecule has 2 N–H and O–H groups in total. The van der Waals surface area contributed by atoms with Gasteiger partial charge in [0.2, 0.25) is 0 Å². The highest BCUT2D eigenvalue weighted by molar-refractivity contribution is 5.67. The van der Waals surface area contributed by atoms with Crippen molar-refractivity contribution in [2.24, 2.45) is 5.73 Å². The van der Waals surface area contributed by atoms with Gasteiger partial charge in [0.15, 0.2) is 17.3 Å². The first-order valence-corrected chi connectivity index (χ1v) is 8.26. The zero-order valence-corrected chi connectivity index (χ0v) is 14.1. The Morgan fingerprint density at radius 3 is 2.75 bits per heavy atom. The molecular formula is C18H23N3O3. The second-order valence-electron chi connectivity index (χ2n) is 6.00. The van der Waals surface area contributed by atoms with Crippen LogP contribution in [0.15, 0.2) is 22.7 Å². The van der Waals surface area contributed by atoms with Crippen molar-refractivity contribution >= 4 is 12.2 Å². The van der Waals surface area contributed by atoms with Crippen molar-refractivity contribution in [1.29, 1.82) is 0 Å². The standard InChI is InChI=1S/C18H23N3O3/c1-3-23-15-12-13(6-8-14(15)22-2)7-9-16-20-17(21-24-16)18(19)10-4-5-11-18/h6-9,12H,3-5,10-11,19H2,1-2H3/b9-7+. The highest BCUT2D eigenvalue weighted by atomic mass is 16.5. The van der Waals surface area contributed by atoms with Crippen LogP contribution in [0, 0.1) is 0 Å². The number of aromatic nitrogens is 2. The molecule has 0 amide bonds. The molecule has 0 spiro atoms. The highest BCUT2D eigenvalue weighted by Crippen LogP contribution is 2.34. The molecule has 6 nitrogen and oxygen atoms in total. The predicted molar refractivity (Wildman–Crippen MR) is 91.7 cm³/mol. The van der Waals surface area contributed by atoms with Crippen LogP contribution < -0.4 is 15.2 Å². The van der Waals surface area contributed by atoms with Crippen molar-refractivity contribution in [3.63, 3.8) is 0 Å². The maximum absolute atomic E-state index is 6.35. The van der Waals surface area contributed by atoms with E-state index in [4.69, 9.17) is 19.7 Å². The highest BCUT2D eigenvalue weighted by Gasteiger charge is 2.35. The van der Waals surface area contributed by atoms with E-state index in [0.29, 0.717) is 29.8 Å². The Kier molecular flexibility index (Phi) is 4.85. The summed E-state index contributed by atoms with van der Waals surface area (Å²) in [4.78, 5) is 4.43. The van der Waals surface area contributed by atoms with Gasteiger partial charge in [0.1, 0.15) is 0 Å². The molecule has 1 aromatic heterocycles. The van der Waals surface area contributed by atoms with E-state index >= 15 is 0 Å². The molecule has 0 unspecified atom stereocenters. The van der Waals surface area contributed by atoms with Gasteiger partial charge in [-0.2, -0.15) is 4.98 Å². The van der Waals surface area contributed by atoms with Gasteiger partial charge in [-0.3, -0.25) is 0 Å². The van der Waals surface area contributed by atoms with Crippen LogP contribution in [0.25, 0.3) is 12.2 Å². The van der Waals surface area contributed by atoms with E-state index in [1.54, 1.807) is 13.2 Å². The summed E-state index contributed by atoms with van der Waals surface area (Å²) >= 11 is 0. The van der Waals surface area contributed by atoms with Crippen LogP contribution in [-0.4, -0.2) is 23.9 Å². The van der Waals surface area contributed by atoms with Gasteiger partial charge in [0.05, 0.1) is 19.3 Å². The lowest BCUT2D eigenvalue weighted by atomic mass is 9.99. The molecule has 24 heavy (non-hydrogen) atoms. The van der Waals surface area contributed by atoms with Gasteiger partial charge in [0, 0.05) is 6.08 Å². The molecular weight excluding hydrogens is 306 g/mol. The fraction of sp³-hybridized carbons (Fsp3) is 0.444. The van der Waals surface area contributed by atoms with Crippen LogP contribution in [-0.2, 0) is 5.54 Å². The number of hydrogen-bond donors (Lipinski definition) is 1. The Labute approximate surface area is 141 Å². The number of methoxy groups -OCH3 is 1. The number of hydrogen-bond acceptors (Lipinski definition) is 6. The number of ether oxygens (including phenoxy) is 2. The van der Waals surface area contributed by atoms with Gasteiger partial charge in [0.25, 0.3) is 5.89 Å². The largest absolute Gasteiger partial charge is 0.493 e. The molecule has 1 fully saturated rings. The predicted octanol–water partition coefficient (Wildman–Crippen LogP) is 3.38. The third-order valence-electron chi connectivity index (χ3n) is 4.29. The third-order valence-corrected chi connectivity index (χ3v) is 4.29. The molecule has 128 valence electrons. The fourth-order valence-electron chi connectivity index (χ4n) is 2.97. The van der Waals surface area contributed by atoms with Crippen LogP contribution >= 0.6 is 0 Å². The van der Waals surface area contributed by atoms with E-state index in [2.05, 4.69) is 10.1 Å². The lowest BCUT2D eigenvalue weighted by Crippen LogP contribution is -2.34. The topological polar surface area (TPSA) is 83.4 Å². The molecule has 1 aliphatic rings. The van der Waals surface area contributed by atoms with Crippen LogP contribution in [0.4, 0.5) is 0 Å². The average Bonchev–Trinajstić information content (AvgIpc) is 3.23. The first kappa shape index (κ1) is 16.5. The van der Waals surface area contributed by atoms with E-state index in [0.717, 1.165) is 31.2 Å². The van der Waals surface area contributed by atoms with Crippen LogP contribution in [0.2, 0.25) is 0 Å². The van der Waals surface area contributed by atoms with Gasteiger partial charge in [-0.1, -0.05) is 24.1 Å². The van der Waals surface area contributed by atoms with Gasteiger partial charge < -0.3 is 19.7 Å². The SMILES string of the molecule is CCOc1cc(/C=C/c2nc(C3(N)CCCC3)no2)ccc1OC. The Bertz CT molecular complexity index is 718. The lowest BCUT2D eigenvalue weighted by molar-refractivity contribution is 0.311. The van der Waals surface area contributed by atoms with Crippen molar-refractivity contribution in [3.05, 3.63) is 35.5 Å². The summed E-state index contributed by atoms with van der Waals surface area (Å²) in [7, 11) is 1.62. The Balaban J connectivity index is 1.76. The van der Waals surface area contributed by atoms with Gasteiger partial charge >= 0.3 is 0 Å². The maximum Gasteiger partial charge on any atom is 0.250 e. The summed E-state index contributed by atoms with van der Waals surface area (Å²) in [6.45, 7) is 2.52. The minimum Gasteiger partial charge on any atom is -0.493 e. The zero-order valence-electron chi connectivity index (χ0n) is 14.1. The molecule has 0 saturated heterocycles. The van der Waals surface area contributed by atoms with Gasteiger partial charge in [-0.15, -0.1) is 0 Å². The average molecular weight is 329 g/mol. The normalized spacial score (nSPS) is 16.6. The number of nitrogens with two attached hydrogens (primary N) is 1. The third kappa shape index (κ3) is 3.43. The Morgan fingerprint density at radius 2 is 2.04 bits per heavy atom. The van der Waals surface area contributed by atoms with Gasteiger partial charge in [-0.25, -0.2) is 0 Å². The second kappa shape index (κ2) is 7.05. The summed E-state index contributed by atoms with van der Waals surface area (Å²) < 4.78 is 16.2. The minimum atomic E-state index is -0.433. The molecule has 1 aromatic carbocycles. The molecule has 1 saturated carbocycles. The van der Waals surface area contributed by atoms with Crippen LogP contribution in [0.1, 0.15) is 49.9 Å². The number of benzene rings is 1. The van der Waals surface area contributed by atoms with Crippen LogP contribution in [0.5, 0.6) is 11.5 Å². The molecule has 0 atom stereocenters. The molecule has 3 rings (SSSR count). The van der Waals surface area contributed by atoms with Crippen molar-refractivity contribution in [2.45, 2.75) is 38.1 Å². The quantitative estimate of drug-likeness (QED) is 0.875. The fourth-order valence-corrected chi connectivity index (χ4v) is 2.97. The van der Waals surface area contributed by atoms with Gasteiger partial charge in [-0.05, 0) is 43.5 Å². The zero-order chi connectivity index (χ0) is 17.0. The van der Waals surface area contributed by atoms with Crippen LogP contribution in [0.3, 0.4) is 0 Å². The molecule has 0 bridgehead atoms. The summed E-state index contributed by atoms with van der Waals surface area (Å²) in [5, 5.41) is 4.05. The Hall–Kier alpha value is -2.34. The molecule has 0 aliphatic heterocycles.